The van der Waals surface area contributed by atoms with E-state index in [9.17, 15) is 35.5 Å². The van der Waals surface area contributed by atoms with Gasteiger partial charge in [-0.2, -0.15) is 15.7 Å². The topological polar surface area (TPSA) is 35.5 Å². The van der Waals surface area contributed by atoms with Crippen LogP contribution in [0.1, 0.15) is 281 Å². The number of hydrogen-bond donors (Lipinski definition) is 0. The van der Waals surface area contributed by atoms with Gasteiger partial charge in [0.2, 0.25) is 6.36 Å². The van der Waals surface area contributed by atoms with E-state index in [4.69, 9.17) is 16.3 Å². The van der Waals surface area contributed by atoms with Gasteiger partial charge in [-0.3, -0.25) is 0 Å². The Labute approximate surface area is 796 Å². The first kappa shape index (κ1) is 105. The van der Waals surface area contributed by atoms with E-state index in [2.05, 4.69) is 123 Å². The summed E-state index contributed by atoms with van der Waals surface area (Å²) in [6, 6.07) is 89.5. The van der Waals surface area contributed by atoms with Gasteiger partial charge in [-0.1, -0.05) is 351 Å². The average molecular weight is 1830 g/mol. The Morgan fingerprint density at radius 3 is 1.55 bits per heavy atom. The molecule has 12 heteroatoms. The standard InChI is InChI=1S/C21H27FO.C16H13FO2.C14H12ClF.C14H14.C13H13FS.C13H23F.C10H15F.C9H11F.C9H12.CH4/c1-13-4-9-20-19-7-5-15-12-16(23-14(2)22)6-8-17(15)18(19)10-11-21(13,20)3;17-16(14-9-5-2-6-10-14)19-15(18)12-11-13-7-3-1-4-8-13;1-10-2-4-11(5-3-10)14(16)12-6-8-13(15)9-7-12;1-2-12-8-10-14(11-9-12)13-6-4-3-5-7-13;14-13(12-8-9-15-10-12)7-6-11-4-2-1-3-5-11;14-13(11-7-3-1-4-8-11)12-9-5-2-6-10-12;11-10-4-7-1-8(5-10)3-9(2-7)6-10;1-8(10)7-9-5-3-2-4-6-9;1-2-6-9-7-4-3-5-8-9;/h6,8,12,14,18-20H,1,4-5,7,9-11H2,2-3H3;1-12,16H;2-9,14H,1H3;3-11H,2H2,1H3;1-5,8-10,13H,6-7H2;11-13H,1-10H2;7-9H,1-6H2;2-6,8H,7H2,1H3;3-5,7-8H,2,6H2,1H3;1H4/b;12-11+;;;;;;;;/t14?,18-,19-,20+,21-;;;;;;;;;/m1........./s1. The summed E-state index contributed by atoms with van der Waals surface area (Å²) in [5.74, 6) is 5.41. The number of allylic oxidation sites excluding steroid dienone is 1. The van der Waals surface area contributed by atoms with Crippen molar-refractivity contribution in [2.24, 2.45) is 46.8 Å². The molecule has 3 nitrogen and oxygen atoms in total. The number of ether oxygens (including phenoxy) is 2. The van der Waals surface area contributed by atoms with Crippen LogP contribution in [-0.2, 0) is 41.6 Å². The minimum Gasteiger partial charge on any atom is -0.461 e. The van der Waals surface area contributed by atoms with Gasteiger partial charge in [0.25, 0.3) is 6.36 Å². The number of rotatable bonds is 20. The molecule has 0 amide bonds. The van der Waals surface area contributed by atoms with E-state index in [0.29, 0.717) is 63.5 Å². The first-order valence-corrected chi connectivity index (χ1v) is 49.9. The van der Waals surface area contributed by atoms with Gasteiger partial charge in [-0.05, 0) is 309 Å². The van der Waals surface area contributed by atoms with Crippen LogP contribution in [0.15, 0.2) is 308 Å². The number of hydrogen-bond acceptors (Lipinski definition) is 4. The molecule has 704 valence electrons. The summed E-state index contributed by atoms with van der Waals surface area (Å²) in [5, 5.41) is 4.43. The van der Waals surface area contributed by atoms with Crippen molar-refractivity contribution in [1.82, 2.24) is 0 Å². The van der Waals surface area contributed by atoms with Crippen molar-refractivity contribution < 1.29 is 45.0 Å². The van der Waals surface area contributed by atoms with Crippen LogP contribution in [0.4, 0.5) is 30.7 Å². The summed E-state index contributed by atoms with van der Waals surface area (Å²) in [4.78, 5) is 11.5. The van der Waals surface area contributed by atoms with Gasteiger partial charge in [-0.25, -0.2) is 31.1 Å². The minimum atomic E-state index is -1.74. The van der Waals surface area contributed by atoms with Crippen molar-refractivity contribution in [2.45, 2.75) is 278 Å². The normalized spacial score (nSPS) is 21.7. The molecule has 9 aliphatic rings. The first-order chi connectivity index (χ1) is 63.5. The maximum absolute atomic E-state index is 14.2. The largest absolute Gasteiger partial charge is 0.461 e. The maximum Gasteiger partial charge on any atom is 0.333 e. The molecule has 20 rings (SSSR count). The smallest absolute Gasteiger partial charge is 0.333 e. The van der Waals surface area contributed by atoms with Crippen molar-refractivity contribution in [3.05, 3.63) is 380 Å². The van der Waals surface area contributed by atoms with E-state index in [1.54, 1.807) is 78.9 Å². The van der Waals surface area contributed by atoms with Crippen molar-refractivity contribution in [3.63, 3.8) is 0 Å². The third kappa shape index (κ3) is 33.5. The Kier molecular flexibility index (Phi) is 43.3. The fourth-order valence-corrected chi connectivity index (χ4v) is 21.9. The van der Waals surface area contributed by atoms with Gasteiger partial charge < -0.3 is 9.47 Å². The first-order valence-electron chi connectivity index (χ1n) is 48.6. The highest BCUT2D eigenvalue weighted by atomic mass is 35.5. The summed E-state index contributed by atoms with van der Waals surface area (Å²) in [7, 11) is 0. The number of aryl methyl sites for hydroxylation is 5. The molecule has 0 aliphatic heterocycles. The number of carbonyl (C=O) groups is 1. The lowest BCUT2D eigenvalue weighted by Crippen LogP contribution is -2.47. The number of esters is 1. The van der Waals surface area contributed by atoms with E-state index in [-0.39, 0.29) is 7.43 Å². The molecule has 1 heterocycles. The second-order valence-electron chi connectivity index (χ2n) is 37.7. The van der Waals surface area contributed by atoms with Crippen LogP contribution in [0.2, 0.25) is 5.02 Å². The second-order valence-corrected chi connectivity index (χ2v) is 39.0. The van der Waals surface area contributed by atoms with Crippen molar-refractivity contribution in [3.8, 4) is 16.9 Å². The minimum absolute atomic E-state index is 0. The quantitative estimate of drug-likeness (QED) is 0.0330. The summed E-state index contributed by atoms with van der Waals surface area (Å²) in [6.07, 6.45) is 28.8. The molecule has 8 saturated carbocycles. The van der Waals surface area contributed by atoms with Crippen LogP contribution in [-0.4, -0.2) is 30.3 Å². The van der Waals surface area contributed by atoms with Crippen LogP contribution in [0.3, 0.4) is 0 Å². The Hall–Kier alpha value is -9.55. The lowest BCUT2D eigenvalue weighted by molar-refractivity contribution is -0.152. The molecule has 1 aromatic heterocycles. The van der Waals surface area contributed by atoms with E-state index >= 15 is 0 Å². The van der Waals surface area contributed by atoms with Gasteiger partial charge in [0.1, 0.15) is 29.9 Å². The monoisotopic (exact) mass is 1830 g/mol. The van der Waals surface area contributed by atoms with Gasteiger partial charge in [0, 0.05) is 30.0 Å². The average Bonchev–Trinajstić information content (AvgIpc) is 1.52. The Bertz CT molecular complexity index is 4950. The number of thiophene rings is 1. The molecule has 9 atom stereocenters. The lowest BCUT2D eigenvalue weighted by atomic mass is 9.55. The van der Waals surface area contributed by atoms with E-state index in [1.807, 2.05) is 151 Å². The molecule has 0 N–H and O–H groups in total. The van der Waals surface area contributed by atoms with Gasteiger partial charge in [0.15, 0.2) is 6.17 Å². The van der Waals surface area contributed by atoms with Crippen LogP contribution in [0.25, 0.3) is 17.2 Å². The van der Waals surface area contributed by atoms with E-state index in [1.165, 1.54) is 160 Å². The predicted molar refractivity (Wildman–Crippen MR) is 541 cm³/mol. The highest BCUT2D eigenvalue weighted by Crippen LogP contribution is 2.63. The van der Waals surface area contributed by atoms with Crippen molar-refractivity contribution >= 4 is 35.0 Å². The summed E-state index contributed by atoms with van der Waals surface area (Å²) in [6.45, 7) is 16.2. The molecular weight excluding hydrogens is 1690 g/mol. The molecule has 11 aromatic rings. The third-order valence-electron chi connectivity index (χ3n) is 27.8. The molecule has 0 radical (unpaired) electrons. The number of halogens is 8. The zero-order valence-electron chi connectivity index (χ0n) is 78.1. The fraction of sp³-hybridized carbons (Fsp3) is 0.425. The molecule has 132 heavy (non-hydrogen) atoms. The molecule has 10 aromatic carbocycles. The molecular formula is C120H144ClF7O3S. The van der Waals surface area contributed by atoms with Crippen LogP contribution >= 0.6 is 22.9 Å². The highest BCUT2D eigenvalue weighted by molar-refractivity contribution is 7.08. The summed E-state index contributed by atoms with van der Waals surface area (Å²) < 4.78 is 105. The number of alkyl halides is 7. The maximum atomic E-state index is 14.2. The van der Waals surface area contributed by atoms with Crippen LogP contribution < -0.4 is 4.74 Å². The van der Waals surface area contributed by atoms with E-state index in [0.717, 1.165) is 116 Å². The van der Waals surface area contributed by atoms with Crippen LogP contribution in [0, 0.1) is 53.8 Å². The number of benzene rings is 10. The summed E-state index contributed by atoms with van der Waals surface area (Å²) >= 11 is 7.31. The number of carbonyl (C=O) groups excluding carboxylic acids is 1. The van der Waals surface area contributed by atoms with Crippen molar-refractivity contribution in [2.75, 3.05) is 0 Å². The Morgan fingerprint density at radius 1 is 0.538 bits per heavy atom. The third-order valence-corrected chi connectivity index (χ3v) is 28.7. The van der Waals surface area contributed by atoms with E-state index < -0.39 is 49.0 Å². The Morgan fingerprint density at radius 2 is 1.05 bits per heavy atom. The van der Waals surface area contributed by atoms with Crippen molar-refractivity contribution in [1.29, 1.82) is 0 Å². The second kappa shape index (κ2) is 54.7. The zero-order valence-corrected chi connectivity index (χ0v) is 79.7. The molecule has 5 unspecified atom stereocenters. The fourth-order valence-electron chi connectivity index (χ4n) is 21.1. The molecule has 9 aliphatic carbocycles. The zero-order chi connectivity index (χ0) is 92.8. The molecule has 8 fully saturated rings. The lowest BCUT2D eigenvalue weighted by Gasteiger charge is -2.52. The Balaban J connectivity index is 0.000000156. The SMILES string of the molecule is C.C=C1CC[C@H]2[C@@H]3CCc4cc(OC(C)F)ccc4[C@H]3CC[C@]12C.CC(F)Cc1ccccc1.CCCc1ccccc1.CCc1ccc(-c2ccccc2)cc1.Cc1ccc(C(F)c2ccc(Cl)cc2)cc1.FC(C1CCCCC1)C1CCCCC1.FC(CCc1ccccc1)c1ccsc1.FC12CC3CC(CC(C3)C1)C2.O=C(/C=C/c1ccccc1)OC(F)c1ccccc1. The molecule has 0 spiro atoms. The number of fused-ring (bicyclic) bond motifs is 5. The summed E-state index contributed by atoms with van der Waals surface area (Å²) in [5.41, 5.74) is 16.2. The molecule has 4 bridgehead atoms. The molecule has 0 saturated heterocycles. The van der Waals surface area contributed by atoms with Gasteiger partial charge >= 0.3 is 5.97 Å². The van der Waals surface area contributed by atoms with Crippen LogP contribution in [0.5, 0.6) is 5.75 Å². The predicted octanol–water partition coefficient (Wildman–Crippen LogP) is 36.0. The van der Waals surface area contributed by atoms with Gasteiger partial charge in [0.05, 0.1) is 0 Å². The van der Waals surface area contributed by atoms with Gasteiger partial charge in [-0.15, -0.1) is 0 Å². The highest BCUT2D eigenvalue weighted by Gasteiger charge is 2.53.